The molecule has 1 saturated carbocycles. The lowest BCUT2D eigenvalue weighted by Crippen LogP contribution is -2.41. The summed E-state index contributed by atoms with van der Waals surface area (Å²) in [4.78, 5) is 25.8. The molecule has 1 aliphatic heterocycles. The Morgan fingerprint density at radius 1 is 0.630 bits per heavy atom. The average Bonchev–Trinajstić information content (AvgIpc) is 3.49. The molecule has 1 heterocycles. The molecule has 4 rings (SSSR count). The Morgan fingerprint density at radius 3 is 1.19 bits per heavy atom. The maximum Gasteiger partial charge on any atom is 0.261 e. The van der Waals surface area contributed by atoms with E-state index < -0.39 is 5.41 Å². The second-order valence-corrected chi connectivity index (χ2v) is 6.49. The van der Waals surface area contributed by atoms with Crippen molar-refractivity contribution in [3.63, 3.8) is 0 Å². The van der Waals surface area contributed by atoms with Crippen LogP contribution in [0.2, 0.25) is 0 Å². The van der Waals surface area contributed by atoms with Crippen molar-refractivity contribution < 1.29 is 9.59 Å². The van der Waals surface area contributed by atoms with E-state index in [0.29, 0.717) is 12.8 Å². The van der Waals surface area contributed by atoms with Gasteiger partial charge < -0.3 is 0 Å². The van der Waals surface area contributed by atoms with Gasteiger partial charge in [0.05, 0.1) is 11.4 Å². The molecule has 0 unspecified atom stereocenters. The van der Waals surface area contributed by atoms with Crippen molar-refractivity contribution in [3.05, 3.63) is 59.7 Å². The minimum absolute atomic E-state index is 0.105. The molecule has 4 nitrogen and oxygen atoms in total. The fraction of sp³-hybridized carbons (Fsp3) is 0.391. The third-order valence-electron chi connectivity index (χ3n) is 4.71. The van der Waals surface area contributed by atoms with Crippen LogP contribution >= 0.6 is 0 Å². The highest BCUT2D eigenvalue weighted by molar-refractivity contribution is 6.27. The van der Waals surface area contributed by atoms with Crippen molar-refractivity contribution in [1.29, 1.82) is 0 Å². The minimum atomic E-state index is -0.824. The number of hydrogen-bond donors (Lipinski definition) is 0. The van der Waals surface area contributed by atoms with Crippen molar-refractivity contribution in [3.8, 4) is 0 Å². The Morgan fingerprint density at radius 2 is 0.926 bits per heavy atom. The van der Waals surface area contributed by atoms with Gasteiger partial charge in [-0.05, 0) is 51.0 Å². The summed E-state index contributed by atoms with van der Waals surface area (Å²) in [6.45, 7) is 12.0. The second-order valence-electron chi connectivity index (χ2n) is 6.49. The Labute approximate surface area is 162 Å². The standard InChI is InChI=1S/C19H18N2O2.2C2H6/c1-13-3-7-15(8-4-13)20-17(22)19(11-12-19)18(23)21(20)16-9-5-14(2)6-10-16;2*1-2/h3-10H,11-12H2,1-2H3;2*1-2H3. The number of amides is 2. The normalized spacial score (nSPS) is 16.5. The molecule has 1 spiro atoms. The van der Waals surface area contributed by atoms with E-state index in [9.17, 15) is 9.59 Å². The topological polar surface area (TPSA) is 40.6 Å². The predicted octanol–water partition coefficient (Wildman–Crippen LogP) is 5.43. The average molecular weight is 367 g/mol. The van der Waals surface area contributed by atoms with Crippen LogP contribution in [0.25, 0.3) is 0 Å². The van der Waals surface area contributed by atoms with Crippen molar-refractivity contribution in [2.75, 3.05) is 10.0 Å². The van der Waals surface area contributed by atoms with Crippen molar-refractivity contribution in [2.24, 2.45) is 5.41 Å². The molecular weight excluding hydrogens is 336 g/mol. The summed E-state index contributed by atoms with van der Waals surface area (Å²) in [5, 5.41) is 3.08. The summed E-state index contributed by atoms with van der Waals surface area (Å²) in [5.41, 5.74) is 2.89. The van der Waals surface area contributed by atoms with E-state index in [1.807, 2.05) is 90.1 Å². The smallest absolute Gasteiger partial charge is 0.261 e. The largest absolute Gasteiger partial charge is 0.271 e. The maximum atomic E-state index is 12.9. The van der Waals surface area contributed by atoms with Crippen LogP contribution in [0.15, 0.2) is 48.5 Å². The second kappa shape index (κ2) is 8.38. The van der Waals surface area contributed by atoms with Gasteiger partial charge in [-0.2, -0.15) is 0 Å². The number of carbonyl (C=O) groups is 2. The zero-order chi connectivity index (χ0) is 20.2. The molecule has 2 aliphatic rings. The van der Waals surface area contributed by atoms with Gasteiger partial charge in [0.15, 0.2) is 0 Å². The van der Waals surface area contributed by atoms with Crippen LogP contribution in [0.3, 0.4) is 0 Å². The third-order valence-corrected chi connectivity index (χ3v) is 4.71. The van der Waals surface area contributed by atoms with Gasteiger partial charge in [-0.3, -0.25) is 9.59 Å². The fourth-order valence-electron chi connectivity index (χ4n) is 3.07. The lowest BCUT2D eigenvalue weighted by molar-refractivity contribution is -0.128. The maximum absolute atomic E-state index is 12.9. The van der Waals surface area contributed by atoms with Gasteiger partial charge >= 0.3 is 0 Å². The first kappa shape index (κ1) is 20.7. The van der Waals surface area contributed by atoms with E-state index in [1.165, 1.54) is 0 Å². The van der Waals surface area contributed by atoms with Crippen molar-refractivity contribution in [2.45, 2.75) is 54.4 Å². The molecule has 2 aromatic rings. The van der Waals surface area contributed by atoms with Crippen LogP contribution < -0.4 is 10.0 Å². The molecule has 2 aromatic carbocycles. The number of nitrogens with zero attached hydrogens (tertiary/aromatic N) is 2. The number of benzene rings is 2. The number of aryl methyl sites for hydroxylation is 2. The molecule has 1 aliphatic carbocycles. The molecule has 0 atom stereocenters. The van der Waals surface area contributed by atoms with Crippen LogP contribution in [0, 0.1) is 19.3 Å². The molecule has 0 aromatic heterocycles. The zero-order valence-electron chi connectivity index (χ0n) is 17.2. The van der Waals surface area contributed by atoms with E-state index in [4.69, 9.17) is 0 Å². The van der Waals surface area contributed by atoms with E-state index in [1.54, 1.807) is 10.0 Å². The van der Waals surface area contributed by atoms with Gasteiger partial charge in [0.25, 0.3) is 11.8 Å². The molecule has 0 radical (unpaired) electrons. The van der Waals surface area contributed by atoms with Crippen LogP contribution in [0.4, 0.5) is 11.4 Å². The highest BCUT2D eigenvalue weighted by Gasteiger charge is 2.66. The van der Waals surface area contributed by atoms with Crippen LogP contribution in [0.5, 0.6) is 0 Å². The van der Waals surface area contributed by atoms with Gasteiger partial charge in [0, 0.05) is 0 Å². The summed E-state index contributed by atoms with van der Waals surface area (Å²) in [6.07, 6.45) is 1.30. The highest BCUT2D eigenvalue weighted by Crippen LogP contribution is 2.54. The van der Waals surface area contributed by atoms with Gasteiger partial charge in [0.2, 0.25) is 0 Å². The Hall–Kier alpha value is -2.62. The van der Waals surface area contributed by atoms with Gasteiger partial charge in [0.1, 0.15) is 5.41 Å². The van der Waals surface area contributed by atoms with Gasteiger partial charge in [-0.25, -0.2) is 10.0 Å². The summed E-state index contributed by atoms with van der Waals surface area (Å²) in [5.74, 6) is -0.209. The number of carbonyl (C=O) groups excluding carboxylic acids is 2. The van der Waals surface area contributed by atoms with Crippen LogP contribution in [0.1, 0.15) is 51.7 Å². The highest BCUT2D eigenvalue weighted by atomic mass is 16.2. The van der Waals surface area contributed by atoms with Crippen LogP contribution in [-0.4, -0.2) is 11.8 Å². The third kappa shape index (κ3) is 3.61. The van der Waals surface area contributed by atoms with E-state index in [-0.39, 0.29) is 11.8 Å². The molecule has 144 valence electrons. The Kier molecular flexibility index (Phi) is 6.42. The molecule has 1 saturated heterocycles. The Bertz CT molecular complexity index is 725. The van der Waals surface area contributed by atoms with E-state index >= 15 is 0 Å². The van der Waals surface area contributed by atoms with Gasteiger partial charge in [-0.1, -0.05) is 63.1 Å². The lowest BCUT2D eigenvalue weighted by atomic mass is 10.1. The molecule has 27 heavy (non-hydrogen) atoms. The van der Waals surface area contributed by atoms with Gasteiger partial charge in [-0.15, -0.1) is 0 Å². The molecule has 2 fully saturated rings. The first-order valence-electron chi connectivity index (χ1n) is 9.85. The molecule has 0 N–H and O–H groups in total. The summed E-state index contributed by atoms with van der Waals surface area (Å²) in [7, 11) is 0. The number of hydrazine groups is 1. The van der Waals surface area contributed by atoms with E-state index in [2.05, 4.69) is 0 Å². The monoisotopic (exact) mass is 366 g/mol. The van der Waals surface area contributed by atoms with Crippen LogP contribution in [-0.2, 0) is 9.59 Å². The molecule has 4 heteroatoms. The number of rotatable bonds is 2. The summed E-state index contributed by atoms with van der Waals surface area (Å²) in [6, 6.07) is 15.4. The molecule has 2 amide bonds. The quantitative estimate of drug-likeness (QED) is 0.665. The first-order valence-corrected chi connectivity index (χ1v) is 9.85. The number of anilines is 2. The summed E-state index contributed by atoms with van der Waals surface area (Å²) < 4.78 is 0. The summed E-state index contributed by atoms with van der Waals surface area (Å²) >= 11 is 0. The zero-order valence-corrected chi connectivity index (χ0v) is 17.2. The minimum Gasteiger partial charge on any atom is -0.271 e. The lowest BCUT2D eigenvalue weighted by Gasteiger charge is -2.27. The molecular formula is C23H30N2O2. The fourth-order valence-corrected chi connectivity index (χ4v) is 3.07. The number of hydrogen-bond acceptors (Lipinski definition) is 2. The van der Waals surface area contributed by atoms with E-state index in [0.717, 1.165) is 22.5 Å². The first-order chi connectivity index (χ1) is 13.0. The Balaban J connectivity index is 0.000000614. The van der Waals surface area contributed by atoms with Crippen molar-refractivity contribution in [1.82, 2.24) is 0 Å². The van der Waals surface area contributed by atoms with Crippen molar-refractivity contribution >= 4 is 23.2 Å². The predicted molar refractivity (Wildman–Crippen MR) is 112 cm³/mol. The molecule has 0 bridgehead atoms. The SMILES string of the molecule is CC.CC.Cc1ccc(N2C(=O)C3(CC3)C(=O)N2c2ccc(C)cc2)cc1.